The monoisotopic (exact) mass is 208 g/mol. The summed E-state index contributed by atoms with van der Waals surface area (Å²) in [6.07, 6.45) is 6.19. The summed E-state index contributed by atoms with van der Waals surface area (Å²) in [4.78, 5) is 18.3. The number of hydrogen-bond acceptors (Lipinski definition) is 3. The Labute approximate surface area is 88.7 Å². The minimum absolute atomic E-state index is 0.101. The Morgan fingerprint density at radius 2 is 2.60 bits per heavy atom. The summed E-state index contributed by atoms with van der Waals surface area (Å²) in [5, 5.41) is 6.16. The summed E-state index contributed by atoms with van der Waals surface area (Å²) in [7, 11) is 0. The predicted octanol–water partition coefficient (Wildman–Crippen LogP) is 0.168. The van der Waals surface area contributed by atoms with Crippen molar-refractivity contribution in [3.05, 3.63) is 18.2 Å². The zero-order chi connectivity index (χ0) is 10.5. The number of H-pyrrole nitrogens is 1. The largest absolute Gasteiger partial charge is 0.350 e. The van der Waals surface area contributed by atoms with Crippen LogP contribution in [0, 0.1) is 0 Å². The van der Waals surface area contributed by atoms with Gasteiger partial charge in [0.15, 0.2) is 0 Å². The summed E-state index contributed by atoms with van der Waals surface area (Å²) >= 11 is 0. The highest BCUT2D eigenvalue weighted by molar-refractivity contribution is 5.76. The normalized spacial score (nSPS) is 20.4. The van der Waals surface area contributed by atoms with Crippen LogP contribution in [-0.4, -0.2) is 28.5 Å². The predicted molar refractivity (Wildman–Crippen MR) is 56.1 cm³/mol. The van der Waals surface area contributed by atoms with E-state index >= 15 is 0 Å². The highest BCUT2D eigenvalue weighted by atomic mass is 16.1. The van der Waals surface area contributed by atoms with Crippen LogP contribution >= 0.6 is 0 Å². The first kappa shape index (κ1) is 10.2. The van der Waals surface area contributed by atoms with E-state index in [2.05, 4.69) is 20.6 Å². The van der Waals surface area contributed by atoms with E-state index in [9.17, 15) is 4.79 Å². The molecule has 0 saturated carbocycles. The SMILES string of the molecule is O=C(CC1CCCN1)NCc1cnc[nH]1. The molecular weight excluding hydrogens is 192 g/mol. The second kappa shape index (κ2) is 4.93. The maximum absolute atomic E-state index is 11.5. The smallest absolute Gasteiger partial charge is 0.221 e. The van der Waals surface area contributed by atoms with E-state index in [1.807, 2.05) is 0 Å². The third kappa shape index (κ3) is 3.06. The molecule has 1 aliphatic heterocycles. The first-order valence-electron chi connectivity index (χ1n) is 5.32. The van der Waals surface area contributed by atoms with Gasteiger partial charge >= 0.3 is 0 Å². The summed E-state index contributed by atoms with van der Waals surface area (Å²) in [6, 6.07) is 0.367. The van der Waals surface area contributed by atoms with Crippen molar-refractivity contribution < 1.29 is 4.79 Å². The van der Waals surface area contributed by atoms with Gasteiger partial charge in [0.2, 0.25) is 5.91 Å². The molecule has 0 spiro atoms. The van der Waals surface area contributed by atoms with Crippen LogP contribution in [0.25, 0.3) is 0 Å². The van der Waals surface area contributed by atoms with Gasteiger partial charge in [-0.1, -0.05) is 0 Å². The number of imidazole rings is 1. The lowest BCUT2D eigenvalue weighted by Crippen LogP contribution is -2.31. The highest BCUT2D eigenvalue weighted by Gasteiger charge is 2.17. The van der Waals surface area contributed by atoms with Gasteiger partial charge in [-0.3, -0.25) is 4.79 Å². The van der Waals surface area contributed by atoms with Crippen molar-refractivity contribution in [1.82, 2.24) is 20.6 Å². The molecule has 82 valence electrons. The van der Waals surface area contributed by atoms with E-state index in [1.54, 1.807) is 12.5 Å². The second-order valence-electron chi connectivity index (χ2n) is 3.85. The van der Waals surface area contributed by atoms with E-state index in [-0.39, 0.29) is 5.91 Å². The van der Waals surface area contributed by atoms with Crippen LogP contribution < -0.4 is 10.6 Å². The molecule has 1 saturated heterocycles. The van der Waals surface area contributed by atoms with Gasteiger partial charge in [-0.15, -0.1) is 0 Å². The van der Waals surface area contributed by atoms with Gasteiger partial charge in [-0.2, -0.15) is 0 Å². The summed E-state index contributed by atoms with van der Waals surface area (Å²) < 4.78 is 0. The van der Waals surface area contributed by atoms with Crippen LogP contribution in [0.15, 0.2) is 12.5 Å². The summed E-state index contributed by atoms with van der Waals surface area (Å²) in [5.41, 5.74) is 0.933. The number of nitrogens with zero attached hydrogens (tertiary/aromatic N) is 1. The standard InChI is InChI=1S/C10H16N4O/c15-10(4-8-2-1-3-12-8)13-6-9-5-11-7-14-9/h5,7-8,12H,1-4,6H2,(H,11,14)(H,13,15). The first-order valence-corrected chi connectivity index (χ1v) is 5.32. The average Bonchev–Trinajstić information content (AvgIpc) is 2.86. The fourth-order valence-corrected chi connectivity index (χ4v) is 1.80. The molecule has 5 heteroatoms. The Morgan fingerprint density at radius 1 is 1.67 bits per heavy atom. The minimum atomic E-state index is 0.101. The molecule has 2 rings (SSSR count). The quantitative estimate of drug-likeness (QED) is 0.660. The molecule has 15 heavy (non-hydrogen) atoms. The van der Waals surface area contributed by atoms with Crippen molar-refractivity contribution in [2.75, 3.05) is 6.54 Å². The Bertz CT molecular complexity index is 303. The number of rotatable bonds is 4. The van der Waals surface area contributed by atoms with Crippen LogP contribution in [0.3, 0.4) is 0 Å². The number of carbonyl (C=O) groups is 1. The van der Waals surface area contributed by atoms with Gasteiger partial charge in [0.25, 0.3) is 0 Å². The second-order valence-corrected chi connectivity index (χ2v) is 3.85. The summed E-state index contributed by atoms with van der Waals surface area (Å²) in [6.45, 7) is 1.57. The number of amides is 1. The molecular formula is C10H16N4O. The van der Waals surface area contributed by atoms with Crippen molar-refractivity contribution in [1.29, 1.82) is 0 Å². The lowest BCUT2D eigenvalue weighted by Gasteiger charge is -2.09. The van der Waals surface area contributed by atoms with Crippen LogP contribution in [0.4, 0.5) is 0 Å². The molecule has 1 unspecified atom stereocenters. The van der Waals surface area contributed by atoms with Gasteiger partial charge < -0.3 is 15.6 Å². The lowest BCUT2D eigenvalue weighted by molar-refractivity contribution is -0.121. The fourth-order valence-electron chi connectivity index (χ4n) is 1.80. The molecule has 1 fully saturated rings. The maximum Gasteiger partial charge on any atom is 0.221 e. The Hall–Kier alpha value is -1.36. The zero-order valence-electron chi connectivity index (χ0n) is 8.62. The van der Waals surface area contributed by atoms with Gasteiger partial charge in [-0.05, 0) is 19.4 Å². The Balaban J connectivity index is 1.68. The van der Waals surface area contributed by atoms with Gasteiger partial charge in [0, 0.05) is 18.7 Å². The number of hydrogen-bond donors (Lipinski definition) is 3. The highest BCUT2D eigenvalue weighted by Crippen LogP contribution is 2.08. The molecule has 1 amide bonds. The van der Waals surface area contributed by atoms with Gasteiger partial charge in [0.1, 0.15) is 0 Å². The van der Waals surface area contributed by atoms with Crippen LogP contribution in [0.5, 0.6) is 0 Å². The molecule has 2 heterocycles. The van der Waals surface area contributed by atoms with Crippen molar-refractivity contribution in [3.63, 3.8) is 0 Å². The van der Waals surface area contributed by atoms with E-state index < -0.39 is 0 Å². The van der Waals surface area contributed by atoms with Crippen molar-refractivity contribution in [2.24, 2.45) is 0 Å². The molecule has 5 nitrogen and oxygen atoms in total. The Kier molecular flexibility index (Phi) is 3.34. The number of carbonyl (C=O) groups excluding carboxylic acids is 1. The van der Waals surface area contributed by atoms with E-state index in [4.69, 9.17) is 0 Å². The van der Waals surface area contributed by atoms with Gasteiger partial charge in [0.05, 0.1) is 18.6 Å². The lowest BCUT2D eigenvalue weighted by atomic mass is 10.1. The number of aromatic amines is 1. The summed E-state index contributed by atoms with van der Waals surface area (Å²) in [5.74, 6) is 0.101. The van der Waals surface area contributed by atoms with Crippen LogP contribution in [0.2, 0.25) is 0 Å². The molecule has 1 aromatic rings. The molecule has 1 aromatic heterocycles. The van der Waals surface area contributed by atoms with Crippen molar-refractivity contribution in [3.8, 4) is 0 Å². The van der Waals surface area contributed by atoms with Crippen molar-refractivity contribution in [2.45, 2.75) is 31.8 Å². The molecule has 1 atom stereocenters. The molecule has 0 radical (unpaired) electrons. The van der Waals surface area contributed by atoms with Gasteiger partial charge in [-0.25, -0.2) is 4.98 Å². The maximum atomic E-state index is 11.5. The molecule has 3 N–H and O–H groups in total. The topological polar surface area (TPSA) is 69.8 Å². The third-order valence-electron chi connectivity index (χ3n) is 2.63. The number of aromatic nitrogens is 2. The van der Waals surface area contributed by atoms with Crippen LogP contribution in [0.1, 0.15) is 25.0 Å². The number of nitrogens with one attached hydrogen (secondary N) is 3. The molecule has 0 aliphatic carbocycles. The molecule has 1 aliphatic rings. The molecule has 0 aromatic carbocycles. The van der Waals surface area contributed by atoms with E-state index in [1.165, 1.54) is 6.42 Å². The third-order valence-corrected chi connectivity index (χ3v) is 2.63. The Morgan fingerprint density at radius 3 is 3.27 bits per heavy atom. The fraction of sp³-hybridized carbons (Fsp3) is 0.600. The average molecular weight is 208 g/mol. The van der Waals surface area contributed by atoms with Crippen molar-refractivity contribution >= 4 is 5.91 Å². The molecule has 0 bridgehead atoms. The minimum Gasteiger partial charge on any atom is -0.350 e. The van der Waals surface area contributed by atoms with E-state index in [0.29, 0.717) is 19.0 Å². The first-order chi connectivity index (χ1) is 7.34. The zero-order valence-corrected chi connectivity index (χ0v) is 8.62. The van der Waals surface area contributed by atoms with Crippen LogP contribution in [-0.2, 0) is 11.3 Å². The van der Waals surface area contributed by atoms with E-state index in [0.717, 1.165) is 18.7 Å².